The Morgan fingerprint density at radius 2 is 1.80 bits per heavy atom. The number of hydrogen-bond acceptors (Lipinski definition) is 5. The van der Waals surface area contributed by atoms with Gasteiger partial charge in [-0.15, -0.1) is 0 Å². The first-order valence-electron chi connectivity index (χ1n) is 9.48. The fraction of sp³-hybridized carbons (Fsp3) is 0.333. The van der Waals surface area contributed by atoms with Gasteiger partial charge in [0.25, 0.3) is 11.8 Å². The molecule has 1 heterocycles. The molecule has 0 unspecified atom stereocenters. The van der Waals surface area contributed by atoms with Crippen LogP contribution in [0, 0.1) is 13.8 Å². The summed E-state index contributed by atoms with van der Waals surface area (Å²) in [6, 6.07) is 10.3. The fourth-order valence-electron chi connectivity index (χ4n) is 3.65. The van der Waals surface area contributed by atoms with Gasteiger partial charge in [0.1, 0.15) is 5.75 Å². The van der Waals surface area contributed by atoms with Crippen LogP contribution in [-0.2, 0) is 21.2 Å². The zero-order valence-corrected chi connectivity index (χ0v) is 18.2. The van der Waals surface area contributed by atoms with Gasteiger partial charge in [-0.1, -0.05) is 18.2 Å². The Balaban J connectivity index is 1.59. The predicted molar refractivity (Wildman–Crippen MR) is 114 cm³/mol. The van der Waals surface area contributed by atoms with Crippen LogP contribution in [0.4, 0.5) is 5.69 Å². The molecule has 1 atom stereocenters. The first-order chi connectivity index (χ1) is 14.1. The number of hydrazine groups is 1. The lowest BCUT2D eigenvalue weighted by Crippen LogP contribution is -2.43. The van der Waals surface area contributed by atoms with Crippen LogP contribution in [0.5, 0.6) is 5.75 Å². The van der Waals surface area contributed by atoms with Gasteiger partial charge in [0.15, 0.2) is 6.61 Å². The Kier molecular flexibility index (Phi) is 6.02. The molecule has 8 nitrogen and oxygen atoms in total. The third-order valence-corrected chi connectivity index (χ3v) is 6.20. The van der Waals surface area contributed by atoms with Crippen molar-refractivity contribution in [1.82, 2.24) is 10.9 Å². The van der Waals surface area contributed by atoms with Gasteiger partial charge >= 0.3 is 0 Å². The fourth-order valence-corrected chi connectivity index (χ4v) is 4.91. The Labute approximate surface area is 176 Å². The number of aryl methyl sites for hydroxylation is 2. The number of carbonyl (C=O) groups excluding carboxylic acids is 2. The summed E-state index contributed by atoms with van der Waals surface area (Å²) in [5.74, 6) is -0.352. The molecule has 1 aliphatic rings. The van der Waals surface area contributed by atoms with E-state index in [9.17, 15) is 18.0 Å². The third kappa shape index (κ3) is 4.56. The average molecular weight is 432 g/mol. The molecule has 0 aromatic heterocycles. The quantitative estimate of drug-likeness (QED) is 0.703. The first kappa shape index (κ1) is 21.6. The first-order valence-corrected chi connectivity index (χ1v) is 11.3. The van der Waals surface area contributed by atoms with Crippen molar-refractivity contribution in [1.29, 1.82) is 0 Å². The minimum Gasteiger partial charge on any atom is -0.483 e. The van der Waals surface area contributed by atoms with Crippen LogP contribution >= 0.6 is 0 Å². The second kappa shape index (κ2) is 8.35. The van der Waals surface area contributed by atoms with E-state index in [1.165, 1.54) is 10.4 Å². The van der Waals surface area contributed by atoms with Gasteiger partial charge < -0.3 is 4.74 Å². The number of carbonyl (C=O) groups is 2. The number of nitrogens with one attached hydrogen (secondary N) is 2. The van der Waals surface area contributed by atoms with E-state index in [0.717, 1.165) is 22.9 Å². The van der Waals surface area contributed by atoms with Gasteiger partial charge in [-0.05, 0) is 62.1 Å². The number of amides is 2. The number of fused-ring (bicyclic) bond motifs is 1. The van der Waals surface area contributed by atoms with Gasteiger partial charge in [-0.2, -0.15) is 0 Å². The number of sulfonamides is 1. The second-order valence-electron chi connectivity index (χ2n) is 7.47. The Morgan fingerprint density at radius 3 is 2.43 bits per heavy atom. The lowest BCUT2D eigenvalue weighted by Gasteiger charge is -2.21. The van der Waals surface area contributed by atoms with Crippen molar-refractivity contribution in [3.8, 4) is 5.75 Å². The molecular formula is C21H25N3O5S. The highest BCUT2D eigenvalue weighted by molar-refractivity contribution is 7.92. The van der Waals surface area contributed by atoms with Gasteiger partial charge in [-0.25, -0.2) is 8.42 Å². The van der Waals surface area contributed by atoms with Crippen LogP contribution in [0.3, 0.4) is 0 Å². The lowest BCUT2D eigenvalue weighted by molar-refractivity contribution is -0.123. The number of benzene rings is 2. The number of ether oxygens (including phenoxy) is 1. The molecule has 3 rings (SSSR count). The van der Waals surface area contributed by atoms with Crippen LogP contribution in [0.25, 0.3) is 0 Å². The van der Waals surface area contributed by atoms with Gasteiger partial charge in [0.2, 0.25) is 10.0 Å². The molecule has 2 aromatic rings. The number of rotatable bonds is 5. The van der Waals surface area contributed by atoms with Crippen molar-refractivity contribution >= 4 is 27.5 Å². The molecule has 2 aromatic carbocycles. The molecule has 0 spiro atoms. The van der Waals surface area contributed by atoms with E-state index >= 15 is 0 Å². The average Bonchev–Trinajstić information content (AvgIpc) is 3.00. The summed E-state index contributed by atoms with van der Waals surface area (Å²) in [4.78, 5) is 24.4. The number of nitrogens with zero attached hydrogens (tertiary/aromatic N) is 1. The molecular weight excluding hydrogens is 406 g/mol. The molecule has 30 heavy (non-hydrogen) atoms. The van der Waals surface area contributed by atoms with E-state index < -0.39 is 21.8 Å². The van der Waals surface area contributed by atoms with E-state index in [4.69, 9.17) is 4.74 Å². The molecule has 0 bridgehead atoms. The van der Waals surface area contributed by atoms with Crippen molar-refractivity contribution in [2.75, 3.05) is 17.2 Å². The Morgan fingerprint density at radius 1 is 1.13 bits per heavy atom. The normalized spacial score (nSPS) is 15.5. The molecule has 0 saturated carbocycles. The van der Waals surface area contributed by atoms with Crippen LogP contribution < -0.4 is 19.9 Å². The molecule has 1 aliphatic heterocycles. The molecule has 160 valence electrons. The molecule has 9 heteroatoms. The summed E-state index contributed by atoms with van der Waals surface area (Å²) < 4.78 is 30.9. The van der Waals surface area contributed by atoms with E-state index in [-0.39, 0.29) is 12.6 Å². The summed E-state index contributed by atoms with van der Waals surface area (Å²) in [7, 11) is -3.39. The molecule has 0 saturated heterocycles. The molecule has 0 radical (unpaired) electrons. The van der Waals surface area contributed by atoms with Crippen molar-refractivity contribution in [2.45, 2.75) is 33.2 Å². The molecule has 2 N–H and O–H groups in total. The van der Waals surface area contributed by atoms with E-state index in [1.807, 2.05) is 39.0 Å². The smallest absolute Gasteiger partial charge is 0.276 e. The van der Waals surface area contributed by atoms with Crippen molar-refractivity contribution in [2.24, 2.45) is 0 Å². The highest BCUT2D eigenvalue weighted by Crippen LogP contribution is 2.34. The maximum atomic E-state index is 12.4. The minimum absolute atomic E-state index is 0.213. The topological polar surface area (TPSA) is 105 Å². The summed E-state index contributed by atoms with van der Waals surface area (Å²) in [6.45, 7) is 5.36. The SMILES string of the molecule is Cc1cccc(C)c1OCC(=O)NNC(=O)c1ccc2c(c1)C[C@@H](C)N2S(C)(=O)=O. The number of para-hydroxylation sites is 1. The van der Waals surface area contributed by atoms with Gasteiger partial charge in [-0.3, -0.25) is 24.7 Å². The van der Waals surface area contributed by atoms with Crippen LogP contribution in [0.15, 0.2) is 36.4 Å². The van der Waals surface area contributed by atoms with E-state index in [2.05, 4.69) is 10.9 Å². The molecule has 0 aliphatic carbocycles. The number of hydrogen-bond donors (Lipinski definition) is 2. The van der Waals surface area contributed by atoms with Crippen molar-refractivity contribution in [3.63, 3.8) is 0 Å². The van der Waals surface area contributed by atoms with Crippen molar-refractivity contribution < 1.29 is 22.7 Å². The van der Waals surface area contributed by atoms with E-state index in [1.54, 1.807) is 12.1 Å². The summed E-state index contributed by atoms with van der Waals surface area (Å²) in [5.41, 5.74) is 8.20. The van der Waals surface area contributed by atoms with E-state index in [0.29, 0.717) is 23.4 Å². The zero-order valence-electron chi connectivity index (χ0n) is 17.4. The second-order valence-corrected chi connectivity index (χ2v) is 9.33. The number of anilines is 1. The summed E-state index contributed by atoms with van der Waals surface area (Å²) in [6.07, 6.45) is 1.68. The largest absolute Gasteiger partial charge is 0.483 e. The Bertz CT molecular complexity index is 1080. The summed E-state index contributed by atoms with van der Waals surface area (Å²) in [5, 5.41) is 0. The minimum atomic E-state index is -3.39. The Hall–Kier alpha value is -3.07. The third-order valence-electron chi connectivity index (χ3n) is 4.92. The zero-order chi connectivity index (χ0) is 22.1. The molecule has 2 amide bonds. The van der Waals surface area contributed by atoms with Crippen molar-refractivity contribution in [3.05, 3.63) is 58.7 Å². The highest BCUT2D eigenvalue weighted by Gasteiger charge is 2.32. The lowest BCUT2D eigenvalue weighted by atomic mass is 10.1. The standard InChI is InChI=1S/C21H25N3O5S/c1-13-6-5-7-14(2)20(13)29-12-19(25)22-23-21(26)16-8-9-18-17(11-16)10-15(3)24(18)30(4,27)28/h5-9,11,15H,10,12H2,1-4H3,(H,22,25)(H,23,26)/t15-/m1/s1. The maximum absolute atomic E-state index is 12.4. The van der Waals surface area contributed by atoms with Crippen LogP contribution in [-0.4, -0.2) is 39.1 Å². The van der Waals surface area contributed by atoms with Crippen LogP contribution in [0.1, 0.15) is 34.0 Å². The summed E-state index contributed by atoms with van der Waals surface area (Å²) >= 11 is 0. The molecule has 0 fully saturated rings. The van der Waals surface area contributed by atoms with Crippen LogP contribution in [0.2, 0.25) is 0 Å². The monoisotopic (exact) mass is 431 g/mol. The highest BCUT2D eigenvalue weighted by atomic mass is 32.2. The predicted octanol–water partition coefficient (Wildman–Crippen LogP) is 1.85. The van der Waals surface area contributed by atoms with Gasteiger partial charge in [0.05, 0.1) is 11.9 Å². The van der Waals surface area contributed by atoms with Gasteiger partial charge in [0, 0.05) is 11.6 Å². The maximum Gasteiger partial charge on any atom is 0.276 e.